The molecule has 0 aliphatic carbocycles. The molecule has 0 saturated carbocycles. The zero-order chi connectivity index (χ0) is 12.8. The van der Waals surface area contributed by atoms with Crippen LogP contribution in [-0.4, -0.2) is 30.9 Å². The number of hydrogen-bond donors (Lipinski definition) is 2. The van der Waals surface area contributed by atoms with E-state index in [0.717, 1.165) is 10.5 Å². The number of amides is 1. The van der Waals surface area contributed by atoms with Gasteiger partial charge in [0, 0.05) is 17.5 Å². The Morgan fingerprint density at radius 2 is 2.29 bits per heavy atom. The predicted octanol–water partition coefficient (Wildman–Crippen LogP) is 1.59. The van der Waals surface area contributed by atoms with Crippen molar-refractivity contribution in [3.05, 3.63) is 23.8 Å². The largest absolute Gasteiger partial charge is 0.496 e. The fraction of sp³-hybridized carbons (Fsp3) is 0.417. The lowest BCUT2D eigenvalue weighted by Gasteiger charge is -2.15. The van der Waals surface area contributed by atoms with Crippen molar-refractivity contribution in [2.75, 3.05) is 19.9 Å². The molecule has 0 radical (unpaired) electrons. The van der Waals surface area contributed by atoms with Crippen LogP contribution in [0.15, 0.2) is 23.1 Å². The van der Waals surface area contributed by atoms with Gasteiger partial charge in [0.25, 0.3) is 0 Å². The lowest BCUT2D eigenvalue weighted by Crippen LogP contribution is -2.19. The molecule has 0 fully saturated rings. The number of nitrogens with one attached hydrogen (secondary N) is 1. The van der Waals surface area contributed by atoms with Gasteiger partial charge in [-0.15, -0.1) is 11.8 Å². The molecular weight excluding hydrogens is 238 g/mol. The van der Waals surface area contributed by atoms with Crippen LogP contribution in [0.2, 0.25) is 0 Å². The smallest absolute Gasteiger partial charge is 0.230 e. The number of benzene rings is 1. The predicted molar refractivity (Wildman–Crippen MR) is 68.4 cm³/mol. The zero-order valence-corrected chi connectivity index (χ0v) is 11.0. The normalized spacial score (nSPS) is 12.0. The highest BCUT2D eigenvalue weighted by Gasteiger charge is 2.15. The summed E-state index contributed by atoms with van der Waals surface area (Å²) in [4.78, 5) is 12.1. The van der Waals surface area contributed by atoms with E-state index in [-0.39, 0.29) is 5.91 Å². The van der Waals surface area contributed by atoms with E-state index in [4.69, 9.17) is 4.74 Å². The van der Waals surface area contributed by atoms with Crippen molar-refractivity contribution in [1.82, 2.24) is 5.32 Å². The van der Waals surface area contributed by atoms with E-state index < -0.39 is 6.10 Å². The molecule has 0 unspecified atom stereocenters. The molecule has 1 aromatic carbocycles. The Morgan fingerprint density at radius 3 is 2.82 bits per heavy atom. The van der Waals surface area contributed by atoms with Crippen molar-refractivity contribution >= 4 is 17.7 Å². The third kappa shape index (κ3) is 3.64. The Balaban J connectivity index is 2.94. The first-order valence-electron chi connectivity index (χ1n) is 5.28. The van der Waals surface area contributed by atoms with E-state index in [1.54, 1.807) is 27.1 Å². The van der Waals surface area contributed by atoms with Crippen LogP contribution < -0.4 is 10.1 Å². The highest BCUT2D eigenvalue weighted by atomic mass is 32.2. The summed E-state index contributed by atoms with van der Waals surface area (Å²) in [6, 6.07) is 5.51. The summed E-state index contributed by atoms with van der Waals surface area (Å²) < 4.78 is 5.21. The van der Waals surface area contributed by atoms with E-state index in [0.29, 0.717) is 11.5 Å². The minimum atomic E-state index is -0.627. The number of hydrogen-bond acceptors (Lipinski definition) is 4. The maximum Gasteiger partial charge on any atom is 0.230 e. The molecule has 17 heavy (non-hydrogen) atoms. The first-order valence-corrected chi connectivity index (χ1v) is 6.27. The molecule has 1 amide bonds. The minimum absolute atomic E-state index is 0.0469. The van der Waals surface area contributed by atoms with E-state index in [1.165, 1.54) is 11.8 Å². The standard InChI is InChI=1S/C12H17NO3S/c1-8(14)12-9(16-3)5-4-6-10(12)17-7-11(15)13-2/h4-6,8,14H,7H2,1-3H3,(H,13,15)/t8-/m0/s1. The van der Waals surface area contributed by atoms with Crippen molar-refractivity contribution in [2.24, 2.45) is 0 Å². The highest BCUT2D eigenvalue weighted by molar-refractivity contribution is 8.00. The first-order chi connectivity index (χ1) is 8.10. The summed E-state index contributed by atoms with van der Waals surface area (Å²) in [7, 11) is 3.17. The Morgan fingerprint density at radius 1 is 1.59 bits per heavy atom. The SMILES string of the molecule is CNC(=O)CSc1cccc(OC)c1[C@H](C)O. The number of aliphatic hydroxyl groups is 1. The maximum atomic E-state index is 11.2. The van der Waals surface area contributed by atoms with Gasteiger partial charge in [0.15, 0.2) is 0 Å². The number of aliphatic hydroxyl groups excluding tert-OH is 1. The van der Waals surface area contributed by atoms with Crippen molar-refractivity contribution in [1.29, 1.82) is 0 Å². The van der Waals surface area contributed by atoms with Crippen LogP contribution in [0, 0.1) is 0 Å². The second-order valence-corrected chi connectivity index (χ2v) is 4.53. The number of ether oxygens (including phenoxy) is 1. The van der Waals surface area contributed by atoms with Crippen molar-refractivity contribution in [3.8, 4) is 5.75 Å². The first kappa shape index (κ1) is 13.9. The Bertz CT molecular complexity index is 393. The molecule has 0 saturated heterocycles. The molecular formula is C12H17NO3S. The average molecular weight is 255 g/mol. The third-order valence-corrected chi connectivity index (χ3v) is 3.37. The molecule has 0 bridgehead atoms. The fourth-order valence-corrected chi connectivity index (χ4v) is 2.49. The fourth-order valence-electron chi connectivity index (χ4n) is 1.45. The van der Waals surface area contributed by atoms with Crippen molar-refractivity contribution in [3.63, 3.8) is 0 Å². The highest BCUT2D eigenvalue weighted by Crippen LogP contribution is 2.34. The molecule has 0 spiro atoms. The van der Waals surface area contributed by atoms with Gasteiger partial charge >= 0.3 is 0 Å². The quantitative estimate of drug-likeness (QED) is 0.784. The monoisotopic (exact) mass is 255 g/mol. The van der Waals surface area contributed by atoms with Crippen LogP contribution in [0.1, 0.15) is 18.6 Å². The zero-order valence-electron chi connectivity index (χ0n) is 10.2. The van der Waals surface area contributed by atoms with Gasteiger partial charge < -0.3 is 15.2 Å². The Hall–Kier alpha value is -1.20. The molecule has 0 heterocycles. The van der Waals surface area contributed by atoms with Gasteiger partial charge in [0.1, 0.15) is 5.75 Å². The number of rotatable bonds is 5. The van der Waals surface area contributed by atoms with Gasteiger partial charge in [0.05, 0.1) is 19.0 Å². The van der Waals surface area contributed by atoms with E-state index in [2.05, 4.69) is 5.32 Å². The molecule has 1 aromatic rings. The minimum Gasteiger partial charge on any atom is -0.496 e. The number of carbonyl (C=O) groups is 1. The number of carbonyl (C=O) groups excluding carboxylic acids is 1. The van der Waals surface area contributed by atoms with Gasteiger partial charge in [-0.1, -0.05) is 6.07 Å². The second kappa shape index (κ2) is 6.51. The summed E-state index contributed by atoms with van der Waals surface area (Å²) in [6.07, 6.45) is -0.627. The molecule has 0 aromatic heterocycles. The van der Waals surface area contributed by atoms with Crippen LogP contribution in [0.3, 0.4) is 0 Å². The summed E-state index contributed by atoms with van der Waals surface area (Å²) in [5.74, 6) is 0.917. The van der Waals surface area contributed by atoms with E-state index in [9.17, 15) is 9.90 Å². The molecule has 2 N–H and O–H groups in total. The molecule has 4 nitrogen and oxygen atoms in total. The Labute approximate surface area is 105 Å². The van der Waals surface area contributed by atoms with E-state index >= 15 is 0 Å². The molecule has 5 heteroatoms. The third-order valence-electron chi connectivity index (χ3n) is 2.30. The lowest BCUT2D eigenvalue weighted by molar-refractivity contribution is -0.118. The van der Waals surface area contributed by atoms with Crippen LogP contribution >= 0.6 is 11.8 Å². The van der Waals surface area contributed by atoms with Gasteiger partial charge in [-0.3, -0.25) is 4.79 Å². The lowest BCUT2D eigenvalue weighted by atomic mass is 10.1. The van der Waals surface area contributed by atoms with Crippen molar-refractivity contribution < 1.29 is 14.6 Å². The van der Waals surface area contributed by atoms with Gasteiger partial charge in [-0.05, 0) is 19.1 Å². The summed E-state index contributed by atoms with van der Waals surface area (Å²) >= 11 is 1.39. The number of thioether (sulfide) groups is 1. The van der Waals surface area contributed by atoms with Crippen LogP contribution in [0.4, 0.5) is 0 Å². The van der Waals surface area contributed by atoms with Gasteiger partial charge in [-0.25, -0.2) is 0 Å². The summed E-state index contributed by atoms with van der Waals surface area (Å²) in [5.41, 5.74) is 0.726. The number of methoxy groups -OCH3 is 1. The maximum absolute atomic E-state index is 11.2. The molecule has 0 aliphatic rings. The molecule has 94 valence electrons. The van der Waals surface area contributed by atoms with Gasteiger partial charge in [-0.2, -0.15) is 0 Å². The second-order valence-electron chi connectivity index (χ2n) is 3.51. The van der Waals surface area contributed by atoms with Crippen LogP contribution in [0.5, 0.6) is 5.75 Å². The van der Waals surface area contributed by atoms with Crippen LogP contribution in [-0.2, 0) is 4.79 Å². The average Bonchev–Trinajstić information content (AvgIpc) is 2.34. The summed E-state index contributed by atoms with van der Waals surface area (Å²) in [5, 5.41) is 12.3. The van der Waals surface area contributed by atoms with Gasteiger partial charge in [0.2, 0.25) is 5.91 Å². The van der Waals surface area contributed by atoms with E-state index in [1.807, 2.05) is 12.1 Å². The topological polar surface area (TPSA) is 58.6 Å². The molecule has 1 atom stereocenters. The van der Waals surface area contributed by atoms with Crippen molar-refractivity contribution in [2.45, 2.75) is 17.9 Å². The van der Waals surface area contributed by atoms with Crippen LogP contribution in [0.25, 0.3) is 0 Å². The Kier molecular flexibility index (Phi) is 5.31. The summed E-state index contributed by atoms with van der Waals surface area (Å²) in [6.45, 7) is 1.68. The molecule has 1 rings (SSSR count). The molecule has 0 aliphatic heterocycles.